The van der Waals surface area contributed by atoms with Crippen LogP contribution in [0.1, 0.15) is 44.7 Å². The maximum absolute atomic E-state index is 13.1. The molecule has 0 fully saturated rings. The van der Waals surface area contributed by atoms with Gasteiger partial charge in [-0.3, -0.25) is 9.59 Å². The third-order valence-corrected chi connectivity index (χ3v) is 5.92. The number of benzene rings is 1. The van der Waals surface area contributed by atoms with Crippen molar-refractivity contribution in [2.75, 3.05) is 20.3 Å². The number of sulfonamides is 1. The van der Waals surface area contributed by atoms with E-state index in [9.17, 15) is 22.8 Å². The molecular weight excluding hydrogens is 456 g/mol. The van der Waals surface area contributed by atoms with Gasteiger partial charge in [-0.05, 0) is 64.3 Å². The lowest BCUT2D eigenvalue weighted by Gasteiger charge is -2.22. The van der Waals surface area contributed by atoms with Crippen LogP contribution in [-0.2, 0) is 29.1 Å². The number of esters is 1. The molecule has 1 rings (SSSR count). The number of amides is 1. The Morgan fingerprint density at radius 1 is 1.12 bits per heavy atom. The molecule has 0 aliphatic carbocycles. The fourth-order valence-corrected chi connectivity index (χ4v) is 4.53. The molecule has 0 aliphatic rings. The summed E-state index contributed by atoms with van der Waals surface area (Å²) in [5, 5.41) is 11.0. The van der Waals surface area contributed by atoms with Gasteiger partial charge in [-0.15, -0.1) is 0 Å². The van der Waals surface area contributed by atoms with E-state index in [2.05, 4.69) is 14.8 Å². The van der Waals surface area contributed by atoms with Gasteiger partial charge in [0.2, 0.25) is 10.0 Å². The minimum absolute atomic E-state index is 0.0411. The summed E-state index contributed by atoms with van der Waals surface area (Å²) >= 11 is 0. The summed E-state index contributed by atoms with van der Waals surface area (Å²) in [7, 11) is -3.09. The van der Waals surface area contributed by atoms with Crippen molar-refractivity contribution in [2.45, 2.75) is 64.0 Å². The first-order valence-corrected chi connectivity index (χ1v) is 11.7. The Morgan fingerprint density at radius 2 is 1.70 bits per heavy atom. The van der Waals surface area contributed by atoms with E-state index in [1.54, 1.807) is 34.6 Å². The highest BCUT2D eigenvalue weighted by Gasteiger charge is 2.30. The maximum Gasteiger partial charge on any atom is 0.407 e. The second kappa shape index (κ2) is 11.8. The highest BCUT2D eigenvalue weighted by molar-refractivity contribution is 7.89. The van der Waals surface area contributed by atoms with Crippen molar-refractivity contribution >= 4 is 28.1 Å². The van der Waals surface area contributed by atoms with Crippen LogP contribution < -0.4 is 14.8 Å². The first-order valence-electron chi connectivity index (χ1n) is 10.2. The van der Waals surface area contributed by atoms with Crippen LogP contribution in [0.3, 0.4) is 0 Å². The number of hydrogen-bond acceptors (Lipinski definition) is 8. The Hall–Kier alpha value is -2.86. The molecule has 1 atom stereocenters. The number of methoxy groups -OCH3 is 1. The fraction of sp³-hybridized carbons (Fsp3) is 0.571. The van der Waals surface area contributed by atoms with E-state index in [1.165, 1.54) is 12.1 Å². The molecular formula is C21H32N2O9S. The van der Waals surface area contributed by atoms with Crippen LogP contribution in [0.2, 0.25) is 0 Å². The van der Waals surface area contributed by atoms with Crippen LogP contribution in [0.15, 0.2) is 17.0 Å². The molecule has 0 radical (unpaired) electrons. The monoisotopic (exact) mass is 488 g/mol. The zero-order valence-electron chi connectivity index (χ0n) is 19.7. The van der Waals surface area contributed by atoms with Gasteiger partial charge in [-0.25, -0.2) is 13.2 Å². The van der Waals surface area contributed by atoms with Crippen LogP contribution in [0, 0.1) is 13.8 Å². The van der Waals surface area contributed by atoms with Crippen molar-refractivity contribution in [2.24, 2.45) is 0 Å². The molecule has 11 nitrogen and oxygen atoms in total. The van der Waals surface area contributed by atoms with Gasteiger partial charge in [-0.1, -0.05) is 0 Å². The molecule has 12 heteroatoms. The topological polar surface area (TPSA) is 157 Å². The number of carbonyl (C=O) groups excluding carboxylic acids is 2. The van der Waals surface area contributed by atoms with Crippen molar-refractivity contribution in [1.29, 1.82) is 0 Å². The number of carboxylic acid groups (broad SMARTS) is 1. The first-order chi connectivity index (χ1) is 15.2. The number of ether oxygens (including phenoxy) is 3. The summed E-state index contributed by atoms with van der Waals surface area (Å²) in [6.07, 6.45) is -0.548. The van der Waals surface area contributed by atoms with Gasteiger partial charge >= 0.3 is 18.0 Å². The normalized spacial score (nSPS) is 12.5. The minimum atomic E-state index is -4.19. The lowest BCUT2D eigenvalue weighted by Crippen LogP contribution is -2.49. The second-order valence-corrected chi connectivity index (χ2v) is 9.96. The number of alkyl carbamates (subject to hydrolysis) is 1. The van der Waals surface area contributed by atoms with Gasteiger partial charge in [0, 0.05) is 13.0 Å². The molecule has 0 saturated heterocycles. The van der Waals surface area contributed by atoms with Gasteiger partial charge in [0.1, 0.15) is 17.4 Å². The molecule has 0 heterocycles. The minimum Gasteiger partial charge on any atom is -0.494 e. The smallest absolute Gasteiger partial charge is 0.407 e. The molecule has 1 aromatic carbocycles. The number of aliphatic carboxylic acids is 1. The number of aryl methyl sites for hydroxylation is 2. The number of carbonyl (C=O) groups is 3. The molecule has 0 aromatic heterocycles. The Labute approximate surface area is 193 Å². The summed E-state index contributed by atoms with van der Waals surface area (Å²) in [5.41, 5.74) is -0.0466. The summed E-state index contributed by atoms with van der Waals surface area (Å²) in [6, 6.07) is 1.63. The van der Waals surface area contributed by atoms with Gasteiger partial charge in [-0.2, -0.15) is 4.72 Å². The molecule has 0 bridgehead atoms. The highest BCUT2D eigenvalue weighted by atomic mass is 32.2. The van der Waals surface area contributed by atoms with E-state index in [1.807, 2.05) is 0 Å². The van der Waals surface area contributed by atoms with Gasteiger partial charge in [0.25, 0.3) is 0 Å². The average molecular weight is 489 g/mol. The van der Waals surface area contributed by atoms with Crippen molar-refractivity contribution in [3.63, 3.8) is 0 Å². The second-order valence-electron chi connectivity index (χ2n) is 8.31. The van der Waals surface area contributed by atoms with Crippen molar-refractivity contribution in [3.8, 4) is 5.75 Å². The number of carboxylic acids is 1. The molecule has 33 heavy (non-hydrogen) atoms. The number of nitrogens with one attached hydrogen (secondary N) is 2. The quantitative estimate of drug-likeness (QED) is 0.312. The highest BCUT2D eigenvalue weighted by Crippen LogP contribution is 2.26. The summed E-state index contributed by atoms with van der Waals surface area (Å²) in [6.45, 7) is 7.91. The van der Waals surface area contributed by atoms with Crippen LogP contribution in [0.4, 0.5) is 4.79 Å². The molecule has 1 amide bonds. The number of rotatable bonds is 11. The SMILES string of the molecule is COC(=O)[C@@H](CNC(=O)OC(C)(C)C)NS(=O)(=O)c1c(C)cc(OCCCC(=O)O)cc1C. The Balaban J connectivity index is 2.99. The van der Waals surface area contributed by atoms with Crippen molar-refractivity contribution in [3.05, 3.63) is 23.3 Å². The Bertz CT molecular complexity index is 945. The standard InChI is InChI=1S/C21H32N2O9S/c1-13-10-15(31-9-7-8-17(24)25)11-14(2)18(13)33(28,29)23-16(19(26)30-6)12-22-20(27)32-21(3,4)5/h10-11,16,23H,7-9,12H2,1-6H3,(H,22,27)(H,24,25)/t16-/m1/s1. The predicted molar refractivity (Wildman–Crippen MR) is 119 cm³/mol. The maximum atomic E-state index is 13.1. The van der Waals surface area contributed by atoms with Crippen molar-refractivity contribution < 1.29 is 42.1 Å². The fourth-order valence-electron chi connectivity index (χ4n) is 2.89. The predicted octanol–water partition coefficient (Wildman–Crippen LogP) is 1.89. The van der Waals surface area contributed by atoms with E-state index in [0.29, 0.717) is 23.3 Å². The first kappa shape index (κ1) is 28.2. The van der Waals surface area contributed by atoms with Gasteiger partial charge in [0.05, 0.1) is 18.6 Å². The van der Waals surface area contributed by atoms with E-state index in [0.717, 1.165) is 7.11 Å². The number of hydrogen-bond donors (Lipinski definition) is 3. The summed E-state index contributed by atoms with van der Waals surface area (Å²) < 4.78 is 43.6. The van der Waals surface area contributed by atoms with E-state index < -0.39 is 39.7 Å². The third-order valence-electron chi connectivity index (χ3n) is 4.14. The van der Waals surface area contributed by atoms with Crippen LogP contribution in [0.25, 0.3) is 0 Å². The van der Waals surface area contributed by atoms with Gasteiger partial charge in [0.15, 0.2) is 0 Å². The molecule has 186 valence electrons. The molecule has 3 N–H and O–H groups in total. The lowest BCUT2D eigenvalue weighted by molar-refractivity contribution is -0.142. The molecule has 0 aliphatic heterocycles. The molecule has 0 saturated carbocycles. The lowest BCUT2D eigenvalue weighted by atomic mass is 10.1. The third kappa shape index (κ3) is 9.66. The zero-order valence-corrected chi connectivity index (χ0v) is 20.5. The Morgan fingerprint density at radius 3 is 2.18 bits per heavy atom. The van der Waals surface area contributed by atoms with Crippen LogP contribution in [-0.4, -0.2) is 63.5 Å². The average Bonchev–Trinajstić information content (AvgIpc) is 2.65. The van der Waals surface area contributed by atoms with Crippen molar-refractivity contribution in [1.82, 2.24) is 10.0 Å². The Kier molecular flexibility index (Phi) is 10.1. The van der Waals surface area contributed by atoms with E-state index in [4.69, 9.17) is 14.6 Å². The zero-order chi connectivity index (χ0) is 25.4. The van der Waals surface area contributed by atoms with Gasteiger partial charge < -0.3 is 24.6 Å². The molecule has 0 unspecified atom stereocenters. The van der Waals surface area contributed by atoms with E-state index >= 15 is 0 Å². The molecule has 1 aromatic rings. The van der Waals surface area contributed by atoms with E-state index in [-0.39, 0.29) is 24.5 Å². The summed E-state index contributed by atoms with van der Waals surface area (Å²) in [4.78, 5) is 34.6. The van der Waals surface area contributed by atoms with Crippen LogP contribution >= 0.6 is 0 Å². The van der Waals surface area contributed by atoms with Crippen LogP contribution in [0.5, 0.6) is 5.75 Å². The molecule has 0 spiro atoms. The summed E-state index contributed by atoms with van der Waals surface area (Å²) in [5.74, 6) is -1.42. The largest absolute Gasteiger partial charge is 0.494 e.